The van der Waals surface area contributed by atoms with E-state index in [1.165, 1.54) is 24.1 Å². The zero-order chi connectivity index (χ0) is 15.5. The Kier molecular flexibility index (Phi) is 4.69. The van der Waals surface area contributed by atoms with Crippen LogP contribution in [-0.2, 0) is 4.74 Å². The number of likely N-dealkylation sites (N-methyl/N-ethyl adjacent to an activating group) is 1. The second-order valence-electron chi connectivity index (χ2n) is 5.38. The quantitative estimate of drug-likeness (QED) is 0.867. The molecular weight excluding hydrogens is 274 g/mol. The third-order valence-corrected chi connectivity index (χ3v) is 3.74. The normalized spacial score (nSPS) is 17.3. The van der Waals surface area contributed by atoms with Crippen LogP contribution in [0.15, 0.2) is 18.2 Å². The van der Waals surface area contributed by atoms with E-state index < -0.39 is 5.60 Å². The number of phenolic OH excluding ortho intramolecular Hbond substituents is 1. The van der Waals surface area contributed by atoms with Crippen LogP contribution in [0, 0.1) is 0 Å². The number of hydrogen-bond acceptors (Lipinski definition) is 5. The molecule has 0 bridgehead atoms. The van der Waals surface area contributed by atoms with Gasteiger partial charge in [0.05, 0.1) is 18.3 Å². The van der Waals surface area contributed by atoms with Crippen molar-refractivity contribution in [3.05, 3.63) is 23.8 Å². The van der Waals surface area contributed by atoms with E-state index in [4.69, 9.17) is 9.47 Å². The minimum Gasteiger partial charge on any atom is -0.507 e. The molecule has 1 aliphatic heterocycles. The van der Waals surface area contributed by atoms with Gasteiger partial charge in [-0.1, -0.05) is 0 Å². The third kappa shape index (κ3) is 3.65. The Morgan fingerprint density at radius 1 is 1.43 bits per heavy atom. The first-order valence-corrected chi connectivity index (χ1v) is 6.88. The zero-order valence-electron chi connectivity index (χ0n) is 12.3. The fourth-order valence-electron chi connectivity index (χ4n) is 2.44. The standard InChI is InChI=1S/C15H21NO5/c1-16(10-15(19)5-7-21-8-6-15)14(18)12-9-11(20-2)3-4-13(12)17/h3-4,9,17,19H,5-8,10H2,1-2H3. The number of ether oxygens (including phenoxy) is 2. The van der Waals surface area contributed by atoms with Crippen LogP contribution in [0.4, 0.5) is 0 Å². The van der Waals surface area contributed by atoms with Crippen LogP contribution >= 0.6 is 0 Å². The highest BCUT2D eigenvalue weighted by molar-refractivity contribution is 5.97. The molecule has 6 heteroatoms. The molecule has 1 aromatic carbocycles. The molecular formula is C15H21NO5. The number of aliphatic hydroxyl groups is 1. The Morgan fingerprint density at radius 3 is 2.71 bits per heavy atom. The van der Waals surface area contributed by atoms with Gasteiger partial charge >= 0.3 is 0 Å². The smallest absolute Gasteiger partial charge is 0.257 e. The van der Waals surface area contributed by atoms with Gasteiger partial charge in [-0.15, -0.1) is 0 Å². The van der Waals surface area contributed by atoms with E-state index in [1.54, 1.807) is 13.1 Å². The Labute approximate surface area is 123 Å². The third-order valence-electron chi connectivity index (χ3n) is 3.74. The Morgan fingerprint density at radius 2 is 2.10 bits per heavy atom. The molecule has 0 aromatic heterocycles. The van der Waals surface area contributed by atoms with Gasteiger partial charge < -0.3 is 24.6 Å². The van der Waals surface area contributed by atoms with Crippen molar-refractivity contribution in [3.63, 3.8) is 0 Å². The molecule has 116 valence electrons. The summed E-state index contributed by atoms with van der Waals surface area (Å²) >= 11 is 0. The van der Waals surface area contributed by atoms with Crippen molar-refractivity contribution in [1.29, 1.82) is 0 Å². The molecule has 1 amide bonds. The highest BCUT2D eigenvalue weighted by atomic mass is 16.5. The lowest BCUT2D eigenvalue weighted by atomic mass is 9.93. The lowest BCUT2D eigenvalue weighted by molar-refractivity contribution is -0.0734. The molecule has 0 saturated carbocycles. The van der Waals surface area contributed by atoms with Crippen molar-refractivity contribution < 1.29 is 24.5 Å². The molecule has 0 radical (unpaired) electrons. The number of rotatable bonds is 4. The van der Waals surface area contributed by atoms with Gasteiger partial charge in [0.1, 0.15) is 11.5 Å². The van der Waals surface area contributed by atoms with E-state index >= 15 is 0 Å². The summed E-state index contributed by atoms with van der Waals surface area (Å²) in [4.78, 5) is 13.8. The summed E-state index contributed by atoms with van der Waals surface area (Å²) in [5, 5.41) is 20.3. The molecule has 0 atom stereocenters. The summed E-state index contributed by atoms with van der Waals surface area (Å²) in [6, 6.07) is 4.49. The largest absolute Gasteiger partial charge is 0.507 e. The monoisotopic (exact) mass is 295 g/mol. The van der Waals surface area contributed by atoms with Gasteiger partial charge in [-0.05, 0) is 18.2 Å². The van der Waals surface area contributed by atoms with Gasteiger partial charge in [0.15, 0.2) is 0 Å². The number of carbonyl (C=O) groups is 1. The van der Waals surface area contributed by atoms with Gasteiger partial charge in [-0.2, -0.15) is 0 Å². The molecule has 6 nitrogen and oxygen atoms in total. The van der Waals surface area contributed by atoms with Gasteiger partial charge in [0, 0.05) is 39.6 Å². The van der Waals surface area contributed by atoms with Crippen LogP contribution in [-0.4, -0.2) is 60.5 Å². The van der Waals surface area contributed by atoms with Crippen molar-refractivity contribution in [2.75, 3.05) is 33.9 Å². The number of nitrogens with zero attached hydrogens (tertiary/aromatic N) is 1. The van der Waals surface area contributed by atoms with Crippen LogP contribution in [0.5, 0.6) is 11.5 Å². The number of amides is 1. The van der Waals surface area contributed by atoms with Crippen LogP contribution in [0.3, 0.4) is 0 Å². The highest BCUT2D eigenvalue weighted by Gasteiger charge is 2.33. The lowest BCUT2D eigenvalue weighted by Gasteiger charge is -2.35. The number of phenols is 1. The van der Waals surface area contributed by atoms with Crippen LogP contribution in [0.1, 0.15) is 23.2 Å². The summed E-state index contributed by atoms with van der Waals surface area (Å²) in [7, 11) is 3.10. The molecule has 1 fully saturated rings. The summed E-state index contributed by atoms with van der Waals surface area (Å²) in [6.07, 6.45) is 0.990. The molecule has 0 spiro atoms. The summed E-state index contributed by atoms with van der Waals surface area (Å²) < 4.78 is 10.3. The first-order chi connectivity index (χ1) is 9.95. The van der Waals surface area contributed by atoms with E-state index in [0.717, 1.165) is 0 Å². The maximum atomic E-state index is 12.4. The Balaban J connectivity index is 2.11. The first-order valence-electron chi connectivity index (χ1n) is 6.88. The molecule has 1 saturated heterocycles. The van der Waals surface area contributed by atoms with E-state index in [1.807, 2.05) is 0 Å². The predicted molar refractivity (Wildman–Crippen MR) is 76.6 cm³/mol. The summed E-state index contributed by atoms with van der Waals surface area (Å²) in [6.45, 7) is 1.18. The number of carbonyl (C=O) groups excluding carboxylic acids is 1. The summed E-state index contributed by atoms with van der Waals surface area (Å²) in [5.74, 6) is 0.0345. The first kappa shape index (κ1) is 15.6. The molecule has 2 rings (SSSR count). The van der Waals surface area contributed by atoms with Crippen molar-refractivity contribution >= 4 is 5.91 Å². The minimum atomic E-state index is -0.933. The topological polar surface area (TPSA) is 79.2 Å². The van der Waals surface area contributed by atoms with Crippen molar-refractivity contribution in [2.24, 2.45) is 0 Å². The average molecular weight is 295 g/mol. The predicted octanol–water partition coefficient (Wildman–Crippen LogP) is 1.01. The van der Waals surface area contributed by atoms with E-state index in [0.29, 0.717) is 31.8 Å². The molecule has 1 aliphatic rings. The van der Waals surface area contributed by atoms with Gasteiger partial charge in [-0.3, -0.25) is 4.79 Å². The fourth-order valence-corrected chi connectivity index (χ4v) is 2.44. The van der Waals surface area contributed by atoms with Crippen molar-refractivity contribution in [3.8, 4) is 11.5 Å². The number of methoxy groups -OCH3 is 1. The molecule has 21 heavy (non-hydrogen) atoms. The van der Waals surface area contributed by atoms with E-state index in [9.17, 15) is 15.0 Å². The number of hydrogen-bond donors (Lipinski definition) is 2. The minimum absolute atomic E-state index is 0.105. The van der Waals surface area contributed by atoms with Crippen molar-refractivity contribution in [1.82, 2.24) is 4.90 Å². The molecule has 2 N–H and O–H groups in total. The van der Waals surface area contributed by atoms with Crippen LogP contribution < -0.4 is 4.74 Å². The lowest BCUT2D eigenvalue weighted by Crippen LogP contribution is -2.47. The number of benzene rings is 1. The van der Waals surface area contributed by atoms with E-state index in [-0.39, 0.29) is 23.8 Å². The average Bonchev–Trinajstić information content (AvgIpc) is 2.47. The molecule has 1 heterocycles. The number of aromatic hydroxyl groups is 1. The Bertz CT molecular complexity index is 511. The second kappa shape index (κ2) is 6.32. The van der Waals surface area contributed by atoms with Gasteiger partial charge in [0.2, 0.25) is 0 Å². The second-order valence-corrected chi connectivity index (χ2v) is 5.38. The molecule has 0 unspecified atom stereocenters. The van der Waals surface area contributed by atoms with Gasteiger partial charge in [0.25, 0.3) is 5.91 Å². The summed E-state index contributed by atoms with van der Waals surface area (Å²) in [5.41, 5.74) is -0.774. The van der Waals surface area contributed by atoms with E-state index in [2.05, 4.69) is 0 Å². The molecule has 0 aliphatic carbocycles. The maximum absolute atomic E-state index is 12.4. The van der Waals surface area contributed by atoms with Gasteiger partial charge in [-0.25, -0.2) is 0 Å². The van der Waals surface area contributed by atoms with Crippen molar-refractivity contribution in [2.45, 2.75) is 18.4 Å². The SMILES string of the molecule is COc1ccc(O)c(C(=O)N(C)CC2(O)CCOCC2)c1. The zero-order valence-corrected chi connectivity index (χ0v) is 12.3. The Hall–Kier alpha value is -1.79. The van der Waals surface area contributed by atoms with Crippen LogP contribution in [0.2, 0.25) is 0 Å². The molecule has 1 aromatic rings. The van der Waals surface area contributed by atoms with Crippen LogP contribution in [0.25, 0.3) is 0 Å². The maximum Gasteiger partial charge on any atom is 0.257 e. The highest BCUT2D eigenvalue weighted by Crippen LogP contribution is 2.26. The fraction of sp³-hybridized carbons (Fsp3) is 0.533.